The molecule has 3 N–H and O–H groups in total. The molecule has 16 heavy (non-hydrogen) atoms. The van der Waals surface area contributed by atoms with Gasteiger partial charge in [-0.3, -0.25) is 4.79 Å². The lowest BCUT2D eigenvalue weighted by molar-refractivity contribution is 0.0947. The molecule has 1 rings (SSSR count). The first-order valence-electron chi connectivity index (χ1n) is 5.34. The van der Waals surface area contributed by atoms with Crippen LogP contribution in [0.4, 0.5) is 0 Å². The molecule has 0 bridgehead atoms. The Balaban J connectivity index is 2.63. The third-order valence-corrected chi connectivity index (χ3v) is 2.55. The average Bonchev–Trinajstić information content (AvgIpc) is 2.29. The summed E-state index contributed by atoms with van der Waals surface area (Å²) in [4.78, 5) is 11.6. The van der Waals surface area contributed by atoms with Crippen LogP contribution in [0.2, 0.25) is 0 Å². The predicted octanol–water partition coefficient (Wildman–Crippen LogP) is 1.87. The van der Waals surface area contributed by atoms with E-state index in [1.807, 2.05) is 0 Å². The molecule has 0 aliphatic heterocycles. The highest BCUT2D eigenvalue weighted by atomic mass is 16.3. The summed E-state index contributed by atoms with van der Waals surface area (Å²) in [5, 5.41) is 21.1. The largest absolute Gasteiger partial charge is 0.504 e. The van der Waals surface area contributed by atoms with Crippen LogP contribution in [0, 0.1) is 5.92 Å². The SMILES string of the molecule is CCC(C)CNC(=O)c1ccc(O)c(O)c1. The standard InChI is InChI=1S/C12H17NO3/c1-3-8(2)7-13-12(16)9-4-5-10(14)11(15)6-9/h4-6,8,14-15H,3,7H2,1-2H3,(H,13,16). The van der Waals surface area contributed by atoms with Crippen LogP contribution in [0.1, 0.15) is 30.6 Å². The number of aromatic hydroxyl groups is 2. The van der Waals surface area contributed by atoms with Gasteiger partial charge in [-0.1, -0.05) is 20.3 Å². The molecule has 0 heterocycles. The maximum Gasteiger partial charge on any atom is 0.251 e. The van der Waals surface area contributed by atoms with Gasteiger partial charge < -0.3 is 15.5 Å². The molecule has 0 aromatic heterocycles. The van der Waals surface area contributed by atoms with Crippen molar-refractivity contribution < 1.29 is 15.0 Å². The lowest BCUT2D eigenvalue weighted by atomic mass is 10.1. The zero-order valence-electron chi connectivity index (χ0n) is 9.53. The van der Waals surface area contributed by atoms with E-state index in [-0.39, 0.29) is 17.4 Å². The van der Waals surface area contributed by atoms with E-state index in [9.17, 15) is 9.90 Å². The van der Waals surface area contributed by atoms with Crippen molar-refractivity contribution in [3.8, 4) is 11.5 Å². The highest BCUT2D eigenvalue weighted by Gasteiger charge is 2.09. The smallest absolute Gasteiger partial charge is 0.251 e. The van der Waals surface area contributed by atoms with Crippen molar-refractivity contribution in [2.24, 2.45) is 5.92 Å². The van der Waals surface area contributed by atoms with Crippen LogP contribution in [0.5, 0.6) is 11.5 Å². The van der Waals surface area contributed by atoms with E-state index in [0.29, 0.717) is 18.0 Å². The van der Waals surface area contributed by atoms with Crippen molar-refractivity contribution in [3.05, 3.63) is 23.8 Å². The number of phenolic OH excluding ortho intramolecular Hbond substituents is 2. The lowest BCUT2D eigenvalue weighted by Crippen LogP contribution is -2.27. The van der Waals surface area contributed by atoms with Gasteiger partial charge in [0.05, 0.1) is 0 Å². The minimum atomic E-state index is -0.281. The van der Waals surface area contributed by atoms with Gasteiger partial charge in [-0.15, -0.1) is 0 Å². The van der Waals surface area contributed by atoms with Gasteiger partial charge in [0.25, 0.3) is 5.91 Å². The Bertz CT molecular complexity index is 377. The van der Waals surface area contributed by atoms with Crippen LogP contribution in [-0.4, -0.2) is 22.7 Å². The van der Waals surface area contributed by atoms with E-state index in [0.717, 1.165) is 6.42 Å². The molecule has 0 radical (unpaired) electrons. The van der Waals surface area contributed by atoms with Crippen LogP contribution in [0.25, 0.3) is 0 Å². The minimum absolute atomic E-state index is 0.224. The fraction of sp³-hybridized carbons (Fsp3) is 0.417. The van der Waals surface area contributed by atoms with Crippen LogP contribution >= 0.6 is 0 Å². The van der Waals surface area contributed by atoms with Gasteiger partial charge in [-0.2, -0.15) is 0 Å². The third-order valence-electron chi connectivity index (χ3n) is 2.55. The Morgan fingerprint density at radius 2 is 2.06 bits per heavy atom. The second-order valence-corrected chi connectivity index (χ2v) is 3.93. The van der Waals surface area contributed by atoms with Gasteiger partial charge in [0.2, 0.25) is 0 Å². The molecular weight excluding hydrogens is 206 g/mol. The summed E-state index contributed by atoms with van der Waals surface area (Å²) >= 11 is 0. The first-order valence-corrected chi connectivity index (χ1v) is 5.34. The summed E-state index contributed by atoms with van der Waals surface area (Å²) in [5.74, 6) is -0.320. The monoisotopic (exact) mass is 223 g/mol. The van der Waals surface area contributed by atoms with E-state index in [1.54, 1.807) is 0 Å². The Hall–Kier alpha value is -1.71. The summed E-state index contributed by atoms with van der Waals surface area (Å²) in [6, 6.07) is 4.02. The van der Waals surface area contributed by atoms with Crippen molar-refractivity contribution in [1.82, 2.24) is 5.32 Å². The molecule has 1 atom stereocenters. The topological polar surface area (TPSA) is 69.6 Å². The van der Waals surface area contributed by atoms with E-state index in [1.165, 1.54) is 18.2 Å². The van der Waals surface area contributed by atoms with Crippen molar-refractivity contribution in [1.29, 1.82) is 0 Å². The minimum Gasteiger partial charge on any atom is -0.504 e. The summed E-state index contributed by atoms with van der Waals surface area (Å²) in [7, 11) is 0. The maximum absolute atomic E-state index is 11.6. The number of benzene rings is 1. The Morgan fingerprint density at radius 1 is 1.38 bits per heavy atom. The number of hydrogen-bond acceptors (Lipinski definition) is 3. The molecule has 0 saturated carbocycles. The summed E-state index contributed by atoms with van der Waals surface area (Å²) in [5.41, 5.74) is 0.346. The number of hydrogen-bond donors (Lipinski definition) is 3. The van der Waals surface area contributed by atoms with Crippen molar-refractivity contribution in [2.75, 3.05) is 6.54 Å². The average molecular weight is 223 g/mol. The van der Waals surface area contributed by atoms with Crippen molar-refractivity contribution >= 4 is 5.91 Å². The molecule has 0 aliphatic rings. The highest BCUT2D eigenvalue weighted by Crippen LogP contribution is 2.24. The number of carbonyl (C=O) groups is 1. The Kier molecular flexibility index (Phi) is 4.17. The lowest BCUT2D eigenvalue weighted by Gasteiger charge is -2.10. The van der Waals surface area contributed by atoms with Gasteiger partial charge in [-0.25, -0.2) is 0 Å². The zero-order valence-corrected chi connectivity index (χ0v) is 9.53. The maximum atomic E-state index is 11.6. The van der Waals surface area contributed by atoms with Gasteiger partial charge >= 0.3 is 0 Å². The number of rotatable bonds is 4. The van der Waals surface area contributed by atoms with E-state index < -0.39 is 0 Å². The fourth-order valence-corrected chi connectivity index (χ4v) is 1.18. The Labute approximate surface area is 94.9 Å². The van der Waals surface area contributed by atoms with Gasteiger partial charge in [0, 0.05) is 12.1 Å². The number of phenols is 2. The number of amides is 1. The molecule has 0 saturated heterocycles. The summed E-state index contributed by atoms with van der Waals surface area (Å²) in [6.45, 7) is 4.72. The van der Waals surface area contributed by atoms with Crippen LogP contribution in [-0.2, 0) is 0 Å². The fourth-order valence-electron chi connectivity index (χ4n) is 1.18. The molecule has 1 aromatic carbocycles. The van der Waals surface area contributed by atoms with E-state index >= 15 is 0 Å². The van der Waals surface area contributed by atoms with Gasteiger partial charge in [0.1, 0.15) is 0 Å². The first-order chi connectivity index (χ1) is 7.54. The number of carbonyl (C=O) groups excluding carboxylic acids is 1. The molecule has 4 nitrogen and oxygen atoms in total. The quantitative estimate of drug-likeness (QED) is 0.682. The van der Waals surface area contributed by atoms with Crippen molar-refractivity contribution in [2.45, 2.75) is 20.3 Å². The third kappa shape index (κ3) is 3.15. The molecule has 0 spiro atoms. The predicted molar refractivity (Wildman–Crippen MR) is 61.6 cm³/mol. The molecule has 88 valence electrons. The zero-order chi connectivity index (χ0) is 12.1. The molecule has 0 aliphatic carbocycles. The van der Waals surface area contributed by atoms with Crippen molar-refractivity contribution in [3.63, 3.8) is 0 Å². The number of nitrogens with one attached hydrogen (secondary N) is 1. The van der Waals surface area contributed by atoms with Crippen LogP contribution in [0.15, 0.2) is 18.2 Å². The molecule has 1 aromatic rings. The second kappa shape index (κ2) is 5.39. The van der Waals surface area contributed by atoms with Gasteiger partial charge in [-0.05, 0) is 24.1 Å². The van der Waals surface area contributed by atoms with E-state index in [2.05, 4.69) is 19.2 Å². The molecule has 1 amide bonds. The van der Waals surface area contributed by atoms with Crippen LogP contribution < -0.4 is 5.32 Å². The van der Waals surface area contributed by atoms with E-state index in [4.69, 9.17) is 5.11 Å². The van der Waals surface area contributed by atoms with Crippen LogP contribution in [0.3, 0.4) is 0 Å². The second-order valence-electron chi connectivity index (χ2n) is 3.93. The summed E-state index contributed by atoms with van der Waals surface area (Å²) in [6.07, 6.45) is 1.00. The highest BCUT2D eigenvalue weighted by molar-refractivity contribution is 5.94. The molecule has 0 fully saturated rings. The summed E-state index contributed by atoms with van der Waals surface area (Å²) < 4.78 is 0. The molecule has 1 unspecified atom stereocenters. The Morgan fingerprint density at radius 3 is 2.62 bits per heavy atom. The van der Waals surface area contributed by atoms with Gasteiger partial charge in [0.15, 0.2) is 11.5 Å². The molecular formula is C12H17NO3. The normalized spacial score (nSPS) is 12.1. The molecule has 4 heteroatoms. The first kappa shape index (κ1) is 12.4.